The molecule has 0 aliphatic heterocycles. The summed E-state index contributed by atoms with van der Waals surface area (Å²) in [5, 5.41) is 9.78. The van der Waals surface area contributed by atoms with Crippen LogP contribution in [0.2, 0.25) is 0 Å². The summed E-state index contributed by atoms with van der Waals surface area (Å²) in [6, 6.07) is 0. The molecular formula is C9H14N2O. The van der Waals surface area contributed by atoms with Crippen LogP contribution in [-0.2, 0) is 7.05 Å². The summed E-state index contributed by atoms with van der Waals surface area (Å²) in [4.78, 5) is 4.13. The average Bonchev–Trinajstić information content (AvgIpc) is 2.31. The van der Waals surface area contributed by atoms with E-state index >= 15 is 0 Å². The van der Waals surface area contributed by atoms with Crippen LogP contribution in [0.4, 0.5) is 0 Å². The monoisotopic (exact) mass is 166 g/mol. The summed E-state index contributed by atoms with van der Waals surface area (Å²) < 4.78 is 1.87. The standard InChI is InChI=1S/C9H14N2O/c1-11-5-8(10-6-11)9(12)7-3-2-4-7/h5-7,9,12H,2-4H2,1H3. The van der Waals surface area contributed by atoms with Crippen LogP contribution in [0.25, 0.3) is 0 Å². The number of hydrogen-bond donors (Lipinski definition) is 1. The van der Waals surface area contributed by atoms with Crippen molar-refractivity contribution in [2.45, 2.75) is 25.4 Å². The van der Waals surface area contributed by atoms with Gasteiger partial charge in [-0.15, -0.1) is 0 Å². The maximum absolute atomic E-state index is 9.78. The zero-order valence-corrected chi connectivity index (χ0v) is 7.27. The Balaban J connectivity index is 2.08. The van der Waals surface area contributed by atoms with Crippen molar-refractivity contribution in [1.82, 2.24) is 9.55 Å². The fourth-order valence-electron chi connectivity index (χ4n) is 1.58. The molecule has 1 aliphatic rings. The van der Waals surface area contributed by atoms with Crippen LogP contribution in [0.3, 0.4) is 0 Å². The number of aliphatic hydroxyl groups excluding tert-OH is 1. The van der Waals surface area contributed by atoms with E-state index in [9.17, 15) is 5.11 Å². The van der Waals surface area contributed by atoms with Crippen LogP contribution in [0, 0.1) is 5.92 Å². The van der Waals surface area contributed by atoms with Crippen molar-refractivity contribution in [2.75, 3.05) is 0 Å². The Hall–Kier alpha value is -0.830. The Morgan fingerprint density at radius 1 is 1.67 bits per heavy atom. The molecule has 1 aromatic rings. The Morgan fingerprint density at radius 2 is 2.42 bits per heavy atom. The van der Waals surface area contributed by atoms with Crippen molar-refractivity contribution in [1.29, 1.82) is 0 Å². The molecule has 1 heterocycles. The van der Waals surface area contributed by atoms with E-state index in [1.807, 2.05) is 17.8 Å². The maximum atomic E-state index is 9.78. The van der Waals surface area contributed by atoms with Gasteiger partial charge < -0.3 is 9.67 Å². The number of aromatic nitrogens is 2. The zero-order valence-electron chi connectivity index (χ0n) is 7.27. The average molecular weight is 166 g/mol. The van der Waals surface area contributed by atoms with Crippen LogP contribution in [-0.4, -0.2) is 14.7 Å². The highest BCUT2D eigenvalue weighted by molar-refractivity contribution is 5.03. The molecule has 0 amide bonds. The number of aryl methyl sites for hydroxylation is 1. The first kappa shape index (κ1) is 7.80. The zero-order chi connectivity index (χ0) is 8.55. The lowest BCUT2D eigenvalue weighted by Gasteiger charge is -2.29. The molecule has 1 fully saturated rings. The molecule has 0 bridgehead atoms. The number of aliphatic hydroxyl groups is 1. The highest BCUT2D eigenvalue weighted by Gasteiger charge is 2.27. The van der Waals surface area contributed by atoms with E-state index in [2.05, 4.69) is 4.98 Å². The smallest absolute Gasteiger partial charge is 0.100 e. The van der Waals surface area contributed by atoms with Gasteiger partial charge in [0.05, 0.1) is 12.0 Å². The van der Waals surface area contributed by atoms with Crippen molar-refractivity contribution in [3.05, 3.63) is 18.2 Å². The summed E-state index contributed by atoms with van der Waals surface area (Å²) in [5.74, 6) is 0.458. The van der Waals surface area contributed by atoms with Gasteiger partial charge in [-0.3, -0.25) is 0 Å². The minimum Gasteiger partial charge on any atom is -0.386 e. The lowest BCUT2D eigenvalue weighted by Crippen LogP contribution is -2.20. The molecule has 0 radical (unpaired) electrons. The van der Waals surface area contributed by atoms with Crippen molar-refractivity contribution in [3.63, 3.8) is 0 Å². The van der Waals surface area contributed by atoms with Crippen LogP contribution in [0.5, 0.6) is 0 Å². The molecule has 1 saturated carbocycles. The van der Waals surface area contributed by atoms with Gasteiger partial charge in [0, 0.05) is 13.2 Å². The van der Waals surface area contributed by atoms with Crippen LogP contribution in [0.1, 0.15) is 31.1 Å². The van der Waals surface area contributed by atoms with E-state index in [0.717, 1.165) is 18.5 Å². The van der Waals surface area contributed by atoms with Gasteiger partial charge in [0.2, 0.25) is 0 Å². The molecule has 1 aliphatic carbocycles. The Kier molecular flexibility index (Phi) is 1.89. The summed E-state index contributed by atoms with van der Waals surface area (Å²) in [6.07, 6.45) is 6.85. The van der Waals surface area contributed by atoms with Gasteiger partial charge in [0.25, 0.3) is 0 Å². The fraction of sp³-hybridized carbons (Fsp3) is 0.667. The molecule has 0 spiro atoms. The lowest BCUT2D eigenvalue weighted by atomic mass is 9.80. The first-order valence-corrected chi connectivity index (χ1v) is 4.43. The van der Waals surface area contributed by atoms with Crippen LogP contribution in [0.15, 0.2) is 12.5 Å². The second-order valence-electron chi connectivity index (χ2n) is 3.60. The van der Waals surface area contributed by atoms with Gasteiger partial charge in [-0.05, 0) is 18.8 Å². The molecule has 1 N–H and O–H groups in total. The molecule has 3 heteroatoms. The van der Waals surface area contributed by atoms with E-state index in [1.54, 1.807) is 6.33 Å². The van der Waals surface area contributed by atoms with E-state index in [1.165, 1.54) is 6.42 Å². The molecule has 0 aromatic carbocycles. The van der Waals surface area contributed by atoms with E-state index in [0.29, 0.717) is 5.92 Å². The van der Waals surface area contributed by atoms with Gasteiger partial charge >= 0.3 is 0 Å². The Morgan fingerprint density at radius 3 is 2.83 bits per heavy atom. The molecule has 3 nitrogen and oxygen atoms in total. The summed E-state index contributed by atoms with van der Waals surface area (Å²) in [6.45, 7) is 0. The molecule has 2 rings (SSSR count). The third kappa shape index (κ3) is 1.25. The van der Waals surface area contributed by atoms with Gasteiger partial charge in [-0.25, -0.2) is 4.98 Å². The highest BCUT2D eigenvalue weighted by Crippen LogP contribution is 2.36. The molecule has 1 aromatic heterocycles. The first-order chi connectivity index (χ1) is 5.77. The molecule has 1 atom stereocenters. The largest absolute Gasteiger partial charge is 0.386 e. The van der Waals surface area contributed by atoms with Gasteiger partial charge in [-0.2, -0.15) is 0 Å². The number of rotatable bonds is 2. The molecule has 66 valence electrons. The minimum atomic E-state index is -0.333. The van der Waals surface area contributed by atoms with E-state index < -0.39 is 0 Å². The predicted molar refractivity (Wildman–Crippen MR) is 45.5 cm³/mol. The third-order valence-electron chi connectivity index (χ3n) is 2.62. The minimum absolute atomic E-state index is 0.333. The summed E-state index contributed by atoms with van der Waals surface area (Å²) in [7, 11) is 1.92. The Labute approximate surface area is 72.0 Å². The molecule has 1 unspecified atom stereocenters. The maximum Gasteiger partial charge on any atom is 0.100 e. The SMILES string of the molecule is Cn1cnc(C(O)C2CCC2)c1. The van der Waals surface area contributed by atoms with Gasteiger partial charge in [0.15, 0.2) is 0 Å². The van der Waals surface area contributed by atoms with E-state index in [-0.39, 0.29) is 6.10 Å². The second-order valence-corrected chi connectivity index (χ2v) is 3.60. The van der Waals surface area contributed by atoms with Crippen molar-refractivity contribution >= 4 is 0 Å². The van der Waals surface area contributed by atoms with Crippen LogP contribution >= 0.6 is 0 Å². The van der Waals surface area contributed by atoms with Crippen molar-refractivity contribution < 1.29 is 5.11 Å². The third-order valence-corrected chi connectivity index (χ3v) is 2.62. The van der Waals surface area contributed by atoms with Crippen molar-refractivity contribution in [2.24, 2.45) is 13.0 Å². The van der Waals surface area contributed by atoms with Gasteiger partial charge in [0.1, 0.15) is 6.10 Å². The van der Waals surface area contributed by atoms with Crippen LogP contribution < -0.4 is 0 Å². The lowest BCUT2D eigenvalue weighted by molar-refractivity contribution is 0.0589. The normalized spacial score (nSPS) is 20.5. The molecule has 12 heavy (non-hydrogen) atoms. The topological polar surface area (TPSA) is 38.0 Å². The number of nitrogens with zero attached hydrogens (tertiary/aromatic N) is 2. The predicted octanol–water partition coefficient (Wildman–Crippen LogP) is 1.25. The van der Waals surface area contributed by atoms with Gasteiger partial charge in [-0.1, -0.05) is 6.42 Å². The summed E-state index contributed by atoms with van der Waals surface area (Å²) >= 11 is 0. The number of hydrogen-bond acceptors (Lipinski definition) is 2. The fourth-order valence-corrected chi connectivity index (χ4v) is 1.58. The molecule has 0 saturated heterocycles. The Bertz CT molecular complexity index is 265. The quantitative estimate of drug-likeness (QED) is 0.718. The highest BCUT2D eigenvalue weighted by atomic mass is 16.3. The summed E-state index contributed by atoms with van der Waals surface area (Å²) in [5.41, 5.74) is 0.821. The second kappa shape index (κ2) is 2.90. The number of imidazole rings is 1. The van der Waals surface area contributed by atoms with E-state index in [4.69, 9.17) is 0 Å². The molecular weight excluding hydrogens is 152 g/mol. The van der Waals surface area contributed by atoms with Crippen molar-refractivity contribution in [3.8, 4) is 0 Å². The first-order valence-electron chi connectivity index (χ1n) is 4.43.